The van der Waals surface area contributed by atoms with Gasteiger partial charge in [0.25, 0.3) is 0 Å². The first-order valence-corrected chi connectivity index (χ1v) is 6.80. The van der Waals surface area contributed by atoms with Gasteiger partial charge in [0.1, 0.15) is 0 Å². The number of nitrogens with one attached hydrogen (secondary N) is 1. The summed E-state index contributed by atoms with van der Waals surface area (Å²) >= 11 is 3.86. The molecule has 0 aromatic rings. The van der Waals surface area contributed by atoms with Gasteiger partial charge in [-0.2, -0.15) is 12.6 Å². The zero-order chi connectivity index (χ0) is 14.2. The molecule has 106 valence electrons. The van der Waals surface area contributed by atoms with E-state index in [0.29, 0.717) is 13.1 Å². The molecule has 0 atom stereocenters. The summed E-state index contributed by atoms with van der Waals surface area (Å²) < 4.78 is 0. The van der Waals surface area contributed by atoms with Crippen LogP contribution >= 0.6 is 12.6 Å². The number of carbonyl (C=O) groups is 2. The Morgan fingerprint density at radius 2 is 1.83 bits per heavy atom. The van der Waals surface area contributed by atoms with E-state index >= 15 is 0 Å². The smallest absolute Gasteiger partial charge is 0.407 e. The predicted octanol–water partition coefficient (Wildman–Crippen LogP) is 1.98. The van der Waals surface area contributed by atoms with Gasteiger partial charge >= 0.3 is 6.09 Å². The fraction of sp³-hybridized carbons (Fsp3) is 0.833. The SMILES string of the molecule is CC(C)(C)N(CCCCCNC(=O)CS)C(=O)O. The van der Waals surface area contributed by atoms with Crippen molar-refractivity contribution in [3.8, 4) is 0 Å². The van der Waals surface area contributed by atoms with Crippen LogP contribution in [0.15, 0.2) is 0 Å². The van der Waals surface area contributed by atoms with Gasteiger partial charge < -0.3 is 15.3 Å². The third-order valence-corrected chi connectivity index (χ3v) is 2.85. The Morgan fingerprint density at radius 1 is 1.22 bits per heavy atom. The van der Waals surface area contributed by atoms with E-state index in [1.165, 1.54) is 4.90 Å². The van der Waals surface area contributed by atoms with Gasteiger partial charge in [-0.3, -0.25) is 4.79 Å². The highest BCUT2D eigenvalue weighted by Crippen LogP contribution is 2.14. The molecule has 0 aromatic carbocycles. The van der Waals surface area contributed by atoms with Crippen LogP contribution in [0.2, 0.25) is 0 Å². The lowest BCUT2D eigenvalue weighted by atomic mass is 10.1. The molecular weight excluding hydrogens is 252 g/mol. The van der Waals surface area contributed by atoms with Crippen LogP contribution in [0.25, 0.3) is 0 Å². The summed E-state index contributed by atoms with van der Waals surface area (Å²) in [5.41, 5.74) is -0.369. The van der Waals surface area contributed by atoms with Crippen molar-refractivity contribution in [2.45, 2.75) is 45.6 Å². The second-order valence-corrected chi connectivity index (χ2v) is 5.49. The molecule has 0 spiro atoms. The fourth-order valence-electron chi connectivity index (χ4n) is 1.57. The van der Waals surface area contributed by atoms with Gasteiger partial charge in [0, 0.05) is 18.6 Å². The third-order valence-electron chi connectivity index (χ3n) is 2.56. The highest BCUT2D eigenvalue weighted by Gasteiger charge is 2.24. The summed E-state index contributed by atoms with van der Waals surface area (Å²) in [5, 5.41) is 11.8. The number of hydrogen-bond donors (Lipinski definition) is 3. The molecule has 0 aliphatic heterocycles. The van der Waals surface area contributed by atoms with Crippen molar-refractivity contribution in [1.82, 2.24) is 10.2 Å². The number of carbonyl (C=O) groups excluding carboxylic acids is 1. The van der Waals surface area contributed by atoms with E-state index in [2.05, 4.69) is 17.9 Å². The van der Waals surface area contributed by atoms with Gasteiger partial charge in [0.2, 0.25) is 5.91 Å². The molecule has 0 saturated heterocycles. The minimum absolute atomic E-state index is 0.0693. The van der Waals surface area contributed by atoms with E-state index in [1.54, 1.807) is 0 Å². The summed E-state index contributed by atoms with van der Waals surface area (Å²) in [7, 11) is 0. The van der Waals surface area contributed by atoms with Crippen LogP contribution in [0.4, 0.5) is 4.79 Å². The average Bonchev–Trinajstić information content (AvgIpc) is 2.25. The third kappa shape index (κ3) is 7.42. The number of hydrogen-bond acceptors (Lipinski definition) is 3. The second kappa shape index (κ2) is 8.24. The van der Waals surface area contributed by atoms with Gasteiger partial charge in [-0.15, -0.1) is 0 Å². The summed E-state index contributed by atoms with van der Waals surface area (Å²) in [4.78, 5) is 23.4. The Kier molecular flexibility index (Phi) is 7.82. The molecule has 18 heavy (non-hydrogen) atoms. The molecule has 2 N–H and O–H groups in total. The topological polar surface area (TPSA) is 69.6 Å². The molecule has 0 unspecified atom stereocenters. The molecule has 0 saturated carbocycles. The van der Waals surface area contributed by atoms with Crippen molar-refractivity contribution in [2.24, 2.45) is 0 Å². The van der Waals surface area contributed by atoms with Crippen LogP contribution in [0, 0.1) is 0 Å². The minimum Gasteiger partial charge on any atom is -0.465 e. The number of carboxylic acid groups (broad SMARTS) is 1. The predicted molar refractivity (Wildman–Crippen MR) is 75.2 cm³/mol. The number of unbranched alkanes of at least 4 members (excludes halogenated alkanes) is 2. The number of amides is 2. The van der Waals surface area contributed by atoms with Crippen LogP contribution in [-0.2, 0) is 4.79 Å². The maximum atomic E-state index is 11.1. The van der Waals surface area contributed by atoms with Gasteiger partial charge in [-0.05, 0) is 40.0 Å². The van der Waals surface area contributed by atoms with Crippen molar-refractivity contribution in [1.29, 1.82) is 0 Å². The molecule has 0 aliphatic rings. The molecule has 0 heterocycles. The largest absolute Gasteiger partial charge is 0.465 e. The van der Waals surface area contributed by atoms with Gasteiger partial charge in [-0.1, -0.05) is 0 Å². The molecule has 2 amide bonds. The standard InChI is InChI=1S/C12H24N2O3S/c1-12(2,3)14(11(16)17)8-6-4-5-7-13-10(15)9-18/h18H,4-9H2,1-3H3,(H,13,15)(H,16,17). The van der Waals surface area contributed by atoms with Crippen LogP contribution in [0.5, 0.6) is 0 Å². The first-order chi connectivity index (χ1) is 8.29. The van der Waals surface area contributed by atoms with Crippen LogP contribution in [-0.4, -0.2) is 46.4 Å². The van der Waals surface area contributed by atoms with Gasteiger partial charge in [0.05, 0.1) is 5.75 Å². The Balaban J connectivity index is 3.76. The van der Waals surface area contributed by atoms with Crippen LogP contribution in [0.1, 0.15) is 40.0 Å². The molecule has 5 nitrogen and oxygen atoms in total. The van der Waals surface area contributed by atoms with Crippen molar-refractivity contribution in [3.63, 3.8) is 0 Å². The number of nitrogens with zero attached hydrogens (tertiary/aromatic N) is 1. The zero-order valence-corrected chi connectivity index (χ0v) is 12.3. The number of thiol groups is 1. The quantitative estimate of drug-likeness (QED) is 0.492. The van der Waals surface area contributed by atoms with E-state index < -0.39 is 6.09 Å². The minimum atomic E-state index is -0.883. The first-order valence-electron chi connectivity index (χ1n) is 6.17. The Morgan fingerprint density at radius 3 is 2.28 bits per heavy atom. The summed E-state index contributed by atoms with van der Waals surface area (Å²) in [6.07, 6.45) is 1.68. The molecular formula is C12H24N2O3S. The lowest BCUT2D eigenvalue weighted by Crippen LogP contribution is -2.45. The lowest BCUT2D eigenvalue weighted by Gasteiger charge is -2.33. The van der Waals surface area contributed by atoms with Crippen molar-refractivity contribution >= 4 is 24.6 Å². The second-order valence-electron chi connectivity index (χ2n) is 5.17. The molecule has 0 aliphatic carbocycles. The van der Waals surface area contributed by atoms with E-state index in [0.717, 1.165) is 19.3 Å². The van der Waals surface area contributed by atoms with E-state index in [9.17, 15) is 9.59 Å². The van der Waals surface area contributed by atoms with Gasteiger partial charge in [-0.25, -0.2) is 4.79 Å². The summed E-state index contributed by atoms with van der Waals surface area (Å²) in [5.74, 6) is 0.136. The Labute approximate surface area is 114 Å². The Hall–Kier alpha value is -0.910. The summed E-state index contributed by atoms with van der Waals surface area (Å²) in [6.45, 7) is 6.80. The molecule has 0 radical (unpaired) electrons. The summed E-state index contributed by atoms with van der Waals surface area (Å²) in [6, 6.07) is 0. The molecule has 0 rings (SSSR count). The fourth-order valence-corrected chi connectivity index (χ4v) is 1.69. The van der Waals surface area contributed by atoms with E-state index in [1.807, 2.05) is 20.8 Å². The highest BCUT2D eigenvalue weighted by atomic mass is 32.1. The van der Waals surface area contributed by atoms with Crippen LogP contribution < -0.4 is 5.32 Å². The monoisotopic (exact) mass is 276 g/mol. The van der Waals surface area contributed by atoms with Crippen molar-refractivity contribution in [2.75, 3.05) is 18.8 Å². The highest BCUT2D eigenvalue weighted by molar-refractivity contribution is 7.81. The van der Waals surface area contributed by atoms with Crippen LogP contribution in [0.3, 0.4) is 0 Å². The normalized spacial score (nSPS) is 11.1. The zero-order valence-electron chi connectivity index (χ0n) is 11.4. The molecule has 6 heteroatoms. The average molecular weight is 276 g/mol. The first kappa shape index (κ1) is 17.1. The van der Waals surface area contributed by atoms with Crippen molar-refractivity contribution in [3.05, 3.63) is 0 Å². The lowest BCUT2D eigenvalue weighted by molar-refractivity contribution is -0.118. The van der Waals surface area contributed by atoms with E-state index in [4.69, 9.17) is 5.11 Å². The molecule has 0 bridgehead atoms. The molecule has 0 aromatic heterocycles. The molecule has 0 fully saturated rings. The maximum Gasteiger partial charge on any atom is 0.407 e. The van der Waals surface area contributed by atoms with Crippen molar-refractivity contribution < 1.29 is 14.7 Å². The maximum absolute atomic E-state index is 11.1. The Bertz CT molecular complexity index is 277. The number of rotatable bonds is 7. The van der Waals surface area contributed by atoms with E-state index in [-0.39, 0.29) is 17.2 Å². The van der Waals surface area contributed by atoms with Gasteiger partial charge in [0.15, 0.2) is 0 Å².